The summed E-state index contributed by atoms with van der Waals surface area (Å²) < 4.78 is 5.49. The summed E-state index contributed by atoms with van der Waals surface area (Å²) in [6.07, 6.45) is 2.59. The van der Waals surface area contributed by atoms with E-state index >= 15 is 0 Å². The zero-order chi connectivity index (χ0) is 17.8. The van der Waals surface area contributed by atoms with Crippen LogP contribution < -0.4 is 9.64 Å². The summed E-state index contributed by atoms with van der Waals surface area (Å²) in [5, 5.41) is 0. The van der Waals surface area contributed by atoms with Crippen LogP contribution in [0.15, 0.2) is 42.6 Å². The van der Waals surface area contributed by atoms with Gasteiger partial charge >= 0.3 is 0 Å². The SMILES string of the molecule is COc1ccccc1N1CCC(C)N(C(=O)c2ccc(C)nc2)CC1. The molecular weight excluding hydrogens is 314 g/mol. The molecule has 132 valence electrons. The van der Waals surface area contributed by atoms with Gasteiger partial charge in [0.1, 0.15) is 5.75 Å². The Hall–Kier alpha value is -2.56. The molecule has 1 atom stereocenters. The van der Waals surface area contributed by atoms with E-state index in [0.29, 0.717) is 12.1 Å². The van der Waals surface area contributed by atoms with Crippen LogP contribution in [-0.4, -0.2) is 48.6 Å². The van der Waals surface area contributed by atoms with Gasteiger partial charge in [0.05, 0.1) is 18.4 Å². The van der Waals surface area contributed by atoms with Crippen LogP contribution >= 0.6 is 0 Å². The summed E-state index contributed by atoms with van der Waals surface area (Å²) in [6.45, 7) is 6.41. The third-order valence-electron chi connectivity index (χ3n) is 4.80. The van der Waals surface area contributed by atoms with Gasteiger partial charge in [-0.15, -0.1) is 0 Å². The molecule has 1 unspecified atom stereocenters. The predicted octanol–water partition coefficient (Wildman–Crippen LogP) is 3.14. The minimum atomic E-state index is 0.0573. The largest absolute Gasteiger partial charge is 0.495 e. The fourth-order valence-corrected chi connectivity index (χ4v) is 3.25. The van der Waals surface area contributed by atoms with Crippen molar-refractivity contribution in [3.8, 4) is 5.75 Å². The lowest BCUT2D eigenvalue weighted by Gasteiger charge is -2.27. The number of aryl methyl sites for hydroxylation is 1. The predicted molar refractivity (Wildman–Crippen MR) is 99.3 cm³/mol. The first kappa shape index (κ1) is 17.3. The Balaban J connectivity index is 1.77. The van der Waals surface area contributed by atoms with Gasteiger partial charge in [0, 0.05) is 37.6 Å². The molecule has 2 aromatic rings. The van der Waals surface area contributed by atoms with Crippen LogP contribution in [0.1, 0.15) is 29.4 Å². The molecule has 0 bridgehead atoms. The molecule has 1 aliphatic heterocycles. The number of methoxy groups -OCH3 is 1. The Morgan fingerprint density at radius 1 is 1.16 bits per heavy atom. The van der Waals surface area contributed by atoms with E-state index in [1.807, 2.05) is 42.2 Å². The number of carbonyl (C=O) groups is 1. The zero-order valence-electron chi connectivity index (χ0n) is 15.1. The molecule has 0 N–H and O–H groups in total. The van der Waals surface area contributed by atoms with Crippen LogP contribution in [-0.2, 0) is 0 Å². The van der Waals surface area contributed by atoms with Crippen LogP contribution in [0.3, 0.4) is 0 Å². The lowest BCUT2D eigenvalue weighted by atomic mass is 10.1. The second kappa shape index (κ2) is 7.55. The molecule has 5 nitrogen and oxygen atoms in total. The van der Waals surface area contributed by atoms with Gasteiger partial charge in [-0.05, 0) is 44.5 Å². The number of pyridine rings is 1. The van der Waals surface area contributed by atoms with Gasteiger partial charge in [-0.1, -0.05) is 12.1 Å². The van der Waals surface area contributed by atoms with Crippen molar-refractivity contribution in [2.75, 3.05) is 31.6 Å². The zero-order valence-corrected chi connectivity index (χ0v) is 15.1. The molecule has 2 heterocycles. The quantitative estimate of drug-likeness (QED) is 0.862. The highest BCUT2D eigenvalue weighted by molar-refractivity contribution is 5.94. The number of carbonyl (C=O) groups excluding carboxylic acids is 1. The Bertz CT molecular complexity index is 730. The van der Waals surface area contributed by atoms with Gasteiger partial charge in [0.15, 0.2) is 0 Å². The smallest absolute Gasteiger partial charge is 0.255 e. The van der Waals surface area contributed by atoms with Gasteiger partial charge in [-0.25, -0.2) is 0 Å². The molecule has 1 amide bonds. The van der Waals surface area contributed by atoms with E-state index in [1.165, 1.54) is 0 Å². The normalized spacial score (nSPS) is 18.0. The van der Waals surface area contributed by atoms with E-state index in [4.69, 9.17) is 4.74 Å². The number of anilines is 1. The molecule has 0 radical (unpaired) electrons. The maximum absolute atomic E-state index is 12.9. The minimum absolute atomic E-state index is 0.0573. The molecular formula is C20H25N3O2. The first-order chi connectivity index (χ1) is 12.1. The summed E-state index contributed by atoms with van der Waals surface area (Å²) >= 11 is 0. The topological polar surface area (TPSA) is 45.7 Å². The number of aromatic nitrogens is 1. The molecule has 0 saturated carbocycles. The van der Waals surface area contributed by atoms with Crippen LogP contribution in [0.25, 0.3) is 0 Å². The van der Waals surface area contributed by atoms with Crippen molar-refractivity contribution in [1.29, 1.82) is 0 Å². The van der Waals surface area contributed by atoms with Crippen molar-refractivity contribution in [3.05, 3.63) is 53.9 Å². The molecule has 1 aromatic heterocycles. The number of ether oxygens (including phenoxy) is 1. The Kier molecular flexibility index (Phi) is 5.22. The van der Waals surface area contributed by atoms with Crippen LogP contribution in [0.2, 0.25) is 0 Å². The molecule has 1 aromatic carbocycles. The second-order valence-electron chi connectivity index (χ2n) is 6.48. The maximum Gasteiger partial charge on any atom is 0.255 e. The lowest BCUT2D eigenvalue weighted by Crippen LogP contribution is -2.40. The maximum atomic E-state index is 12.9. The van der Waals surface area contributed by atoms with Crippen molar-refractivity contribution in [1.82, 2.24) is 9.88 Å². The fourth-order valence-electron chi connectivity index (χ4n) is 3.25. The molecule has 3 rings (SSSR count). The molecule has 0 aliphatic carbocycles. The van der Waals surface area contributed by atoms with E-state index in [2.05, 4.69) is 22.9 Å². The van der Waals surface area contributed by atoms with Crippen molar-refractivity contribution >= 4 is 11.6 Å². The molecule has 1 aliphatic rings. The van der Waals surface area contributed by atoms with Gasteiger partial charge in [0.2, 0.25) is 0 Å². The van der Waals surface area contributed by atoms with Gasteiger partial charge < -0.3 is 14.5 Å². The molecule has 1 fully saturated rings. The summed E-state index contributed by atoms with van der Waals surface area (Å²) in [5.74, 6) is 0.930. The highest BCUT2D eigenvalue weighted by Gasteiger charge is 2.26. The second-order valence-corrected chi connectivity index (χ2v) is 6.48. The number of hydrogen-bond donors (Lipinski definition) is 0. The molecule has 1 saturated heterocycles. The first-order valence-electron chi connectivity index (χ1n) is 8.71. The Morgan fingerprint density at radius 3 is 2.68 bits per heavy atom. The van der Waals surface area contributed by atoms with Crippen molar-refractivity contribution in [2.45, 2.75) is 26.3 Å². The molecule has 25 heavy (non-hydrogen) atoms. The Morgan fingerprint density at radius 2 is 1.96 bits per heavy atom. The number of benzene rings is 1. The van der Waals surface area contributed by atoms with Crippen molar-refractivity contribution < 1.29 is 9.53 Å². The summed E-state index contributed by atoms with van der Waals surface area (Å²) in [6, 6.07) is 12.0. The van der Waals surface area contributed by atoms with Crippen LogP contribution in [0.5, 0.6) is 5.75 Å². The number of rotatable bonds is 3. The van der Waals surface area contributed by atoms with Gasteiger partial charge in [0.25, 0.3) is 5.91 Å². The summed E-state index contributed by atoms with van der Waals surface area (Å²) in [7, 11) is 1.69. The molecule has 5 heteroatoms. The highest BCUT2D eigenvalue weighted by atomic mass is 16.5. The minimum Gasteiger partial charge on any atom is -0.495 e. The molecule has 0 spiro atoms. The lowest BCUT2D eigenvalue weighted by molar-refractivity contribution is 0.0705. The monoisotopic (exact) mass is 339 g/mol. The summed E-state index contributed by atoms with van der Waals surface area (Å²) in [4.78, 5) is 21.4. The van der Waals surface area contributed by atoms with Crippen molar-refractivity contribution in [3.63, 3.8) is 0 Å². The number of hydrogen-bond acceptors (Lipinski definition) is 4. The standard InChI is InChI=1S/C20H25N3O2/c1-15-8-9-17(14-21-15)20(24)23-13-12-22(11-10-16(23)2)18-6-4-5-7-19(18)25-3/h4-9,14,16H,10-13H2,1-3H3. The van der Waals surface area contributed by atoms with E-state index < -0.39 is 0 Å². The Labute approximate surface area is 149 Å². The highest BCUT2D eigenvalue weighted by Crippen LogP contribution is 2.29. The number of para-hydroxylation sites is 2. The van der Waals surface area contributed by atoms with Crippen molar-refractivity contribution in [2.24, 2.45) is 0 Å². The van der Waals surface area contributed by atoms with Crippen LogP contribution in [0, 0.1) is 6.92 Å². The van der Waals surface area contributed by atoms with E-state index in [9.17, 15) is 4.79 Å². The third-order valence-corrected chi connectivity index (χ3v) is 4.80. The van der Waals surface area contributed by atoms with E-state index in [0.717, 1.165) is 36.6 Å². The third kappa shape index (κ3) is 3.76. The average molecular weight is 339 g/mol. The average Bonchev–Trinajstić information content (AvgIpc) is 2.83. The van der Waals surface area contributed by atoms with E-state index in [-0.39, 0.29) is 11.9 Å². The number of nitrogens with zero attached hydrogens (tertiary/aromatic N) is 3. The summed E-state index contributed by atoms with van der Waals surface area (Å²) in [5.41, 5.74) is 2.66. The number of amides is 1. The first-order valence-corrected chi connectivity index (χ1v) is 8.71. The van der Waals surface area contributed by atoms with Gasteiger partial charge in [-0.3, -0.25) is 9.78 Å². The fraction of sp³-hybridized carbons (Fsp3) is 0.400. The van der Waals surface area contributed by atoms with Crippen LogP contribution in [0.4, 0.5) is 5.69 Å². The van der Waals surface area contributed by atoms with Gasteiger partial charge in [-0.2, -0.15) is 0 Å². The van der Waals surface area contributed by atoms with E-state index in [1.54, 1.807) is 13.3 Å².